The van der Waals surface area contributed by atoms with Crippen molar-refractivity contribution >= 4 is 17.9 Å². The summed E-state index contributed by atoms with van der Waals surface area (Å²) in [4.78, 5) is 4.64. The number of hydrogen-bond acceptors (Lipinski definition) is 3. The molecule has 1 aliphatic carbocycles. The Kier molecular flexibility index (Phi) is 5.37. The zero-order valence-electron chi connectivity index (χ0n) is 14.4. The minimum Gasteiger partial charge on any atom is -0.389 e. The summed E-state index contributed by atoms with van der Waals surface area (Å²) in [5.41, 5.74) is 0.420. The van der Waals surface area contributed by atoms with Gasteiger partial charge in [0.05, 0.1) is 28.6 Å². The van der Waals surface area contributed by atoms with Crippen LogP contribution in [-0.4, -0.2) is 26.0 Å². The van der Waals surface area contributed by atoms with Gasteiger partial charge in [0.15, 0.2) is 0 Å². The molecule has 0 bridgehead atoms. The summed E-state index contributed by atoms with van der Waals surface area (Å²) in [7, 11) is 0. The standard InChI is InChI=1S/C19H27N3O/c1-5-6-7-12-17-21-14(2)18(22(17)13-19(3,4)23)15-10-8-9-11-16(15)20/h8-11,20,23H,2,5-7,12-13H2,1,3-4H3/b18-15+,20-16?. The number of aliphatic hydroxyl groups is 1. The Labute approximate surface area is 138 Å². The third-order valence-electron chi connectivity index (χ3n) is 3.85. The third kappa shape index (κ3) is 4.29. The second-order valence-electron chi connectivity index (χ2n) is 6.72. The van der Waals surface area contributed by atoms with Gasteiger partial charge in [-0.15, -0.1) is 0 Å². The molecule has 1 aromatic rings. The molecule has 1 aromatic heterocycles. The second kappa shape index (κ2) is 7.09. The largest absolute Gasteiger partial charge is 0.389 e. The van der Waals surface area contributed by atoms with E-state index in [4.69, 9.17) is 5.41 Å². The van der Waals surface area contributed by atoms with Crippen LogP contribution in [0.1, 0.15) is 45.9 Å². The fourth-order valence-electron chi connectivity index (χ4n) is 2.83. The van der Waals surface area contributed by atoms with Gasteiger partial charge in [0, 0.05) is 12.0 Å². The maximum absolute atomic E-state index is 10.3. The number of rotatable bonds is 6. The predicted molar refractivity (Wildman–Crippen MR) is 95.9 cm³/mol. The van der Waals surface area contributed by atoms with Crippen LogP contribution in [0.25, 0.3) is 12.2 Å². The molecule has 23 heavy (non-hydrogen) atoms. The Hall–Kier alpha value is -1.94. The van der Waals surface area contributed by atoms with E-state index in [9.17, 15) is 5.11 Å². The highest BCUT2D eigenvalue weighted by Crippen LogP contribution is 2.11. The van der Waals surface area contributed by atoms with Gasteiger partial charge in [0.2, 0.25) is 0 Å². The van der Waals surface area contributed by atoms with Crippen LogP contribution in [0.4, 0.5) is 0 Å². The summed E-state index contributed by atoms with van der Waals surface area (Å²) in [6, 6.07) is 0. The van der Waals surface area contributed by atoms with Crippen LogP contribution in [0, 0.1) is 5.41 Å². The normalized spacial score (nSPS) is 17.1. The van der Waals surface area contributed by atoms with Crippen LogP contribution in [0.15, 0.2) is 24.3 Å². The summed E-state index contributed by atoms with van der Waals surface area (Å²) in [5, 5.41) is 20.0. The van der Waals surface area contributed by atoms with E-state index in [2.05, 4.69) is 18.5 Å². The molecule has 0 unspecified atom stereocenters. The summed E-state index contributed by atoms with van der Waals surface area (Å²) in [6.07, 6.45) is 11.7. The molecule has 124 valence electrons. The monoisotopic (exact) mass is 313 g/mol. The van der Waals surface area contributed by atoms with E-state index >= 15 is 0 Å². The Balaban J connectivity index is 2.59. The SMILES string of the molecule is C=c1nc(CCCCC)n(CC(C)(C)O)/c1=C1\C=CC=CC1=N. The highest BCUT2D eigenvalue weighted by Gasteiger charge is 2.19. The summed E-state index contributed by atoms with van der Waals surface area (Å²) >= 11 is 0. The lowest BCUT2D eigenvalue weighted by Gasteiger charge is -2.20. The third-order valence-corrected chi connectivity index (χ3v) is 3.85. The van der Waals surface area contributed by atoms with Crippen molar-refractivity contribution in [1.82, 2.24) is 9.55 Å². The van der Waals surface area contributed by atoms with Gasteiger partial charge in [-0.1, -0.05) is 44.6 Å². The minimum atomic E-state index is -0.849. The maximum atomic E-state index is 10.3. The molecular formula is C19H27N3O. The average Bonchev–Trinajstić information content (AvgIpc) is 2.74. The number of allylic oxidation sites excluding steroid dienone is 4. The van der Waals surface area contributed by atoms with Crippen LogP contribution < -0.4 is 10.7 Å². The molecule has 1 aliphatic rings. The lowest BCUT2D eigenvalue weighted by Crippen LogP contribution is -2.39. The van der Waals surface area contributed by atoms with Crippen molar-refractivity contribution in [2.45, 2.75) is 58.6 Å². The van der Waals surface area contributed by atoms with Crippen LogP contribution in [0.3, 0.4) is 0 Å². The van der Waals surface area contributed by atoms with E-state index in [0.29, 0.717) is 17.6 Å². The Bertz CT molecular complexity index is 745. The van der Waals surface area contributed by atoms with E-state index < -0.39 is 5.60 Å². The number of nitrogens with zero attached hydrogens (tertiary/aromatic N) is 2. The average molecular weight is 313 g/mol. The Morgan fingerprint density at radius 2 is 1.96 bits per heavy atom. The van der Waals surface area contributed by atoms with Crippen molar-refractivity contribution in [1.29, 1.82) is 5.41 Å². The number of unbranched alkanes of at least 4 members (excludes halogenated alkanes) is 2. The van der Waals surface area contributed by atoms with E-state index in [0.717, 1.165) is 42.4 Å². The van der Waals surface area contributed by atoms with Gasteiger partial charge in [-0.25, -0.2) is 4.98 Å². The van der Waals surface area contributed by atoms with E-state index in [1.165, 1.54) is 0 Å². The van der Waals surface area contributed by atoms with Gasteiger partial charge >= 0.3 is 0 Å². The first-order valence-corrected chi connectivity index (χ1v) is 8.28. The number of imidazole rings is 1. The molecule has 0 fully saturated rings. The number of nitrogens with one attached hydrogen (secondary N) is 1. The Morgan fingerprint density at radius 1 is 1.26 bits per heavy atom. The molecular weight excluding hydrogens is 286 g/mol. The molecule has 0 saturated carbocycles. The molecule has 4 nitrogen and oxygen atoms in total. The fraction of sp³-hybridized carbons (Fsp3) is 0.474. The zero-order chi connectivity index (χ0) is 17.0. The lowest BCUT2D eigenvalue weighted by atomic mass is 10.0. The van der Waals surface area contributed by atoms with E-state index in [-0.39, 0.29) is 0 Å². The molecule has 0 atom stereocenters. The summed E-state index contributed by atoms with van der Waals surface area (Å²) in [5.74, 6) is 0.948. The first kappa shape index (κ1) is 17.4. The first-order chi connectivity index (χ1) is 10.8. The number of aromatic nitrogens is 2. The van der Waals surface area contributed by atoms with Crippen LogP contribution in [0.2, 0.25) is 0 Å². The van der Waals surface area contributed by atoms with Crippen LogP contribution >= 0.6 is 0 Å². The molecule has 4 heteroatoms. The van der Waals surface area contributed by atoms with Crippen molar-refractivity contribution in [2.75, 3.05) is 0 Å². The summed E-state index contributed by atoms with van der Waals surface area (Å²) in [6.45, 7) is 10.3. The maximum Gasteiger partial charge on any atom is 0.109 e. The number of hydrogen-bond donors (Lipinski definition) is 2. The van der Waals surface area contributed by atoms with Gasteiger partial charge in [-0.3, -0.25) is 0 Å². The van der Waals surface area contributed by atoms with Crippen molar-refractivity contribution in [3.8, 4) is 0 Å². The van der Waals surface area contributed by atoms with Crippen LogP contribution in [0.5, 0.6) is 0 Å². The van der Waals surface area contributed by atoms with Gasteiger partial charge in [-0.05, 0) is 26.3 Å². The topological polar surface area (TPSA) is 61.9 Å². The molecule has 0 saturated heterocycles. The smallest absolute Gasteiger partial charge is 0.109 e. The zero-order valence-corrected chi connectivity index (χ0v) is 14.4. The molecule has 0 aliphatic heterocycles. The molecule has 0 spiro atoms. The van der Waals surface area contributed by atoms with E-state index in [1.807, 2.05) is 22.8 Å². The second-order valence-corrected chi connectivity index (χ2v) is 6.72. The van der Waals surface area contributed by atoms with Crippen molar-refractivity contribution < 1.29 is 5.11 Å². The Morgan fingerprint density at radius 3 is 2.57 bits per heavy atom. The first-order valence-electron chi connectivity index (χ1n) is 8.28. The van der Waals surface area contributed by atoms with Gasteiger partial charge in [0.25, 0.3) is 0 Å². The molecule has 2 rings (SSSR count). The molecule has 0 amide bonds. The molecule has 2 N–H and O–H groups in total. The molecule has 1 heterocycles. The summed E-state index contributed by atoms with van der Waals surface area (Å²) < 4.78 is 2.05. The lowest BCUT2D eigenvalue weighted by molar-refractivity contribution is 0.0597. The van der Waals surface area contributed by atoms with Crippen LogP contribution in [-0.2, 0) is 13.0 Å². The van der Waals surface area contributed by atoms with Gasteiger partial charge in [0.1, 0.15) is 5.82 Å². The van der Waals surface area contributed by atoms with Gasteiger partial charge < -0.3 is 15.1 Å². The quantitative estimate of drug-likeness (QED) is 0.790. The fourth-order valence-corrected chi connectivity index (χ4v) is 2.83. The van der Waals surface area contributed by atoms with Gasteiger partial charge in [-0.2, -0.15) is 0 Å². The number of aryl methyl sites for hydroxylation is 1. The van der Waals surface area contributed by atoms with E-state index in [1.54, 1.807) is 19.9 Å². The molecule has 0 radical (unpaired) electrons. The predicted octanol–water partition coefficient (Wildman–Crippen LogP) is 2.09. The minimum absolute atomic E-state index is 0.445. The molecule has 0 aromatic carbocycles. The highest BCUT2D eigenvalue weighted by molar-refractivity contribution is 6.26. The van der Waals surface area contributed by atoms with Crippen molar-refractivity contribution in [3.63, 3.8) is 0 Å². The highest BCUT2D eigenvalue weighted by atomic mass is 16.3. The van der Waals surface area contributed by atoms with Crippen molar-refractivity contribution in [2.24, 2.45) is 0 Å². The van der Waals surface area contributed by atoms with Crippen molar-refractivity contribution in [3.05, 3.63) is 40.8 Å².